The van der Waals surface area contributed by atoms with Crippen LogP contribution in [-0.4, -0.2) is 33.9 Å². The highest BCUT2D eigenvalue weighted by molar-refractivity contribution is 6.06. The Morgan fingerprint density at radius 2 is 1.90 bits per heavy atom. The number of methoxy groups -OCH3 is 1. The van der Waals surface area contributed by atoms with Crippen molar-refractivity contribution in [2.45, 2.75) is 26.8 Å². The van der Waals surface area contributed by atoms with E-state index >= 15 is 0 Å². The normalized spacial score (nSPS) is 10.5. The summed E-state index contributed by atoms with van der Waals surface area (Å²) in [5, 5.41) is 13.2. The second-order valence-electron chi connectivity index (χ2n) is 6.70. The van der Waals surface area contributed by atoms with Gasteiger partial charge in [0.25, 0.3) is 5.91 Å². The maximum absolute atomic E-state index is 12.6. The van der Waals surface area contributed by atoms with Gasteiger partial charge in [-0.2, -0.15) is 0 Å². The third kappa shape index (κ3) is 4.57. The third-order valence-electron chi connectivity index (χ3n) is 4.56. The van der Waals surface area contributed by atoms with Gasteiger partial charge >= 0.3 is 0 Å². The standard InChI is InChI=1S/C21H24N6O3/c1-4-14-7-5-6-8-15(14)23-18(28)12-27-20(22)19(25-26-27)21(29)24-16-11-13(2)9-10-17(16)30-3/h5-11H,4,12,22H2,1-3H3,(H,23,28)(H,24,29). The number of nitrogens with two attached hydrogens (primary N) is 1. The molecule has 2 amide bonds. The fraction of sp³-hybridized carbons (Fsp3) is 0.238. The summed E-state index contributed by atoms with van der Waals surface area (Å²) in [6.07, 6.45) is 0.786. The molecule has 3 rings (SSSR count). The van der Waals surface area contributed by atoms with Gasteiger partial charge in [-0.3, -0.25) is 9.59 Å². The number of rotatable bonds is 7. The summed E-state index contributed by atoms with van der Waals surface area (Å²) in [4.78, 5) is 25.0. The van der Waals surface area contributed by atoms with E-state index in [1.54, 1.807) is 12.1 Å². The number of nitrogen functional groups attached to an aromatic ring is 1. The van der Waals surface area contributed by atoms with Gasteiger partial charge in [-0.1, -0.05) is 36.4 Å². The van der Waals surface area contributed by atoms with Crippen molar-refractivity contribution in [1.82, 2.24) is 15.0 Å². The molecule has 9 heteroatoms. The molecule has 3 aromatic rings. The fourth-order valence-corrected chi connectivity index (χ4v) is 2.98. The molecule has 0 fully saturated rings. The lowest BCUT2D eigenvalue weighted by Gasteiger charge is -2.11. The lowest BCUT2D eigenvalue weighted by atomic mass is 10.1. The van der Waals surface area contributed by atoms with Crippen LogP contribution < -0.4 is 21.1 Å². The van der Waals surface area contributed by atoms with Crippen LogP contribution in [0, 0.1) is 6.92 Å². The molecule has 30 heavy (non-hydrogen) atoms. The predicted octanol–water partition coefficient (Wildman–Crippen LogP) is 2.63. The Hall–Kier alpha value is -3.88. The first kappa shape index (κ1) is 20.8. The maximum atomic E-state index is 12.6. The second kappa shape index (κ2) is 9.08. The molecule has 0 aliphatic rings. The zero-order valence-electron chi connectivity index (χ0n) is 17.1. The lowest BCUT2D eigenvalue weighted by molar-refractivity contribution is -0.116. The molecule has 0 unspecified atom stereocenters. The van der Waals surface area contributed by atoms with Gasteiger partial charge in [0.05, 0.1) is 12.8 Å². The Morgan fingerprint density at radius 1 is 1.13 bits per heavy atom. The lowest BCUT2D eigenvalue weighted by Crippen LogP contribution is -2.22. The van der Waals surface area contributed by atoms with E-state index in [0.717, 1.165) is 23.2 Å². The fourth-order valence-electron chi connectivity index (χ4n) is 2.98. The number of carbonyl (C=O) groups excluding carboxylic acids is 2. The number of nitrogens with one attached hydrogen (secondary N) is 2. The average Bonchev–Trinajstić information content (AvgIpc) is 3.08. The van der Waals surface area contributed by atoms with E-state index < -0.39 is 5.91 Å². The number of ether oxygens (including phenoxy) is 1. The molecule has 0 radical (unpaired) electrons. The van der Waals surface area contributed by atoms with Crippen LogP contribution in [0.5, 0.6) is 5.75 Å². The van der Waals surface area contributed by atoms with E-state index in [2.05, 4.69) is 20.9 Å². The van der Waals surface area contributed by atoms with Crippen molar-refractivity contribution < 1.29 is 14.3 Å². The Balaban J connectivity index is 1.72. The molecule has 9 nitrogen and oxygen atoms in total. The van der Waals surface area contributed by atoms with Gasteiger partial charge in [0.2, 0.25) is 5.91 Å². The molecule has 0 aliphatic heterocycles. The summed E-state index contributed by atoms with van der Waals surface area (Å²) in [7, 11) is 1.51. The molecular formula is C21H24N6O3. The SMILES string of the molecule is CCc1ccccc1NC(=O)Cn1nnc(C(=O)Nc2cc(C)ccc2OC)c1N. The monoisotopic (exact) mass is 408 g/mol. The van der Waals surface area contributed by atoms with Crippen molar-refractivity contribution in [3.8, 4) is 5.75 Å². The highest BCUT2D eigenvalue weighted by Crippen LogP contribution is 2.26. The zero-order chi connectivity index (χ0) is 21.7. The number of anilines is 3. The first-order valence-corrected chi connectivity index (χ1v) is 9.45. The average molecular weight is 408 g/mol. The van der Waals surface area contributed by atoms with Gasteiger partial charge in [-0.25, -0.2) is 4.68 Å². The Bertz CT molecular complexity index is 1080. The van der Waals surface area contributed by atoms with Crippen LogP contribution in [0.25, 0.3) is 0 Å². The topological polar surface area (TPSA) is 124 Å². The van der Waals surface area contributed by atoms with Crippen molar-refractivity contribution in [1.29, 1.82) is 0 Å². The Morgan fingerprint density at radius 3 is 2.63 bits per heavy atom. The summed E-state index contributed by atoms with van der Waals surface area (Å²) >= 11 is 0. The largest absolute Gasteiger partial charge is 0.495 e. The number of amides is 2. The summed E-state index contributed by atoms with van der Waals surface area (Å²) in [5.74, 6) is -0.355. The van der Waals surface area contributed by atoms with Crippen LogP contribution in [0.3, 0.4) is 0 Å². The Kier molecular flexibility index (Phi) is 6.31. The van der Waals surface area contributed by atoms with Crippen molar-refractivity contribution >= 4 is 29.0 Å². The predicted molar refractivity (Wildman–Crippen MR) is 115 cm³/mol. The molecule has 0 saturated heterocycles. The van der Waals surface area contributed by atoms with Crippen LogP contribution in [0.15, 0.2) is 42.5 Å². The Labute approximate surface area is 174 Å². The number of aryl methyl sites for hydroxylation is 2. The third-order valence-corrected chi connectivity index (χ3v) is 4.56. The molecule has 2 aromatic carbocycles. The maximum Gasteiger partial charge on any atom is 0.280 e. The zero-order valence-corrected chi connectivity index (χ0v) is 17.1. The van der Waals surface area contributed by atoms with Crippen LogP contribution in [0.4, 0.5) is 17.2 Å². The summed E-state index contributed by atoms with van der Waals surface area (Å²) in [6.45, 7) is 3.74. The first-order valence-electron chi connectivity index (χ1n) is 9.45. The molecule has 0 saturated carbocycles. The van der Waals surface area contributed by atoms with Crippen LogP contribution in [0.2, 0.25) is 0 Å². The van der Waals surface area contributed by atoms with Crippen LogP contribution >= 0.6 is 0 Å². The number of nitrogens with zero attached hydrogens (tertiary/aromatic N) is 3. The molecule has 4 N–H and O–H groups in total. The van der Waals surface area contributed by atoms with E-state index in [1.807, 2.05) is 44.2 Å². The summed E-state index contributed by atoms with van der Waals surface area (Å²) in [6, 6.07) is 12.9. The molecular weight excluding hydrogens is 384 g/mol. The summed E-state index contributed by atoms with van der Waals surface area (Å²) in [5.41, 5.74) is 9.14. The second-order valence-corrected chi connectivity index (χ2v) is 6.70. The first-order chi connectivity index (χ1) is 14.4. The van der Waals surface area contributed by atoms with Gasteiger partial charge in [0.1, 0.15) is 12.3 Å². The van der Waals surface area contributed by atoms with Crippen LogP contribution in [0.1, 0.15) is 28.5 Å². The number of hydrogen-bond acceptors (Lipinski definition) is 6. The van der Waals surface area contributed by atoms with Gasteiger partial charge in [-0.05, 0) is 42.7 Å². The van der Waals surface area contributed by atoms with E-state index in [4.69, 9.17) is 10.5 Å². The van der Waals surface area contributed by atoms with Crippen LogP contribution in [-0.2, 0) is 17.8 Å². The minimum absolute atomic E-state index is 0.00181. The number of hydrogen-bond donors (Lipinski definition) is 3. The number of aromatic nitrogens is 3. The number of benzene rings is 2. The minimum Gasteiger partial charge on any atom is -0.495 e. The molecule has 0 spiro atoms. The highest BCUT2D eigenvalue weighted by atomic mass is 16.5. The molecule has 1 aromatic heterocycles. The highest BCUT2D eigenvalue weighted by Gasteiger charge is 2.20. The van der Waals surface area contributed by atoms with Crippen molar-refractivity contribution in [3.63, 3.8) is 0 Å². The molecule has 0 aliphatic carbocycles. The van der Waals surface area contributed by atoms with Crippen molar-refractivity contribution in [3.05, 3.63) is 59.3 Å². The summed E-state index contributed by atoms with van der Waals surface area (Å²) < 4.78 is 6.45. The van der Waals surface area contributed by atoms with E-state index in [0.29, 0.717) is 11.4 Å². The quantitative estimate of drug-likeness (QED) is 0.552. The number of carbonyl (C=O) groups is 2. The van der Waals surface area contributed by atoms with E-state index in [1.165, 1.54) is 11.8 Å². The smallest absolute Gasteiger partial charge is 0.280 e. The molecule has 1 heterocycles. The van der Waals surface area contributed by atoms with Crippen molar-refractivity contribution in [2.24, 2.45) is 0 Å². The molecule has 0 atom stereocenters. The van der Waals surface area contributed by atoms with Crippen molar-refractivity contribution in [2.75, 3.05) is 23.5 Å². The van der Waals surface area contributed by atoms with Gasteiger partial charge in [-0.15, -0.1) is 5.10 Å². The van der Waals surface area contributed by atoms with Gasteiger partial charge in [0, 0.05) is 5.69 Å². The van der Waals surface area contributed by atoms with E-state index in [9.17, 15) is 9.59 Å². The van der Waals surface area contributed by atoms with Gasteiger partial charge < -0.3 is 21.1 Å². The molecule has 156 valence electrons. The van der Waals surface area contributed by atoms with E-state index in [-0.39, 0.29) is 24.0 Å². The molecule has 0 bridgehead atoms. The number of para-hydroxylation sites is 1. The van der Waals surface area contributed by atoms with Gasteiger partial charge in [0.15, 0.2) is 11.5 Å². The minimum atomic E-state index is -0.542.